The molecule has 1 rings (SSSR count). The Morgan fingerprint density at radius 3 is 2.60 bits per heavy atom. The van der Waals surface area contributed by atoms with E-state index >= 15 is 0 Å². The molecule has 4 N–H and O–H groups in total. The number of nitrogens with two attached hydrogens (primary N) is 1. The number of nitrogens with one attached hydrogen (secondary N) is 2. The van der Waals surface area contributed by atoms with Gasteiger partial charge in [-0.05, 0) is 44.0 Å². The average molecular weight is 299 g/mol. The third kappa shape index (κ3) is 5.58. The summed E-state index contributed by atoms with van der Waals surface area (Å²) in [6.07, 6.45) is 0.305. The Balaban J connectivity index is 2.53. The lowest BCUT2D eigenvalue weighted by Crippen LogP contribution is -2.27. The van der Waals surface area contributed by atoms with Gasteiger partial charge in [-0.3, -0.25) is 4.79 Å². The molecule has 0 unspecified atom stereocenters. The van der Waals surface area contributed by atoms with Crippen molar-refractivity contribution < 1.29 is 13.2 Å². The number of benzene rings is 1. The quantitative estimate of drug-likeness (QED) is 0.649. The summed E-state index contributed by atoms with van der Waals surface area (Å²) in [4.78, 5) is 11.9. The van der Waals surface area contributed by atoms with E-state index in [-0.39, 0.29) is 18.2 Å². The highest BCUT2D eigenvalue weighted by Crippen LogP contribution is 2.16. The van der Waals surface area contributed by atoms with E-state index in [0.717, 1.165) is 17.8 Å². The van der Waals surface area contributed by atoms with Gasteiger partial charge in [0.15, 0.2) is 0 Å². The molecule has 7 heteroatoms. The summed E-state index contributed by atoms with van der Waals surface area (Å²) in [5.74, 6) is -0.350. The molecule has 0 aliphatic carbocycles. The number of primary sulfonamides is 1. The molecule has 0 atom stereocenters. The van der Waals surface area contributed by atoms with E-state index in [0.29, 0.717) is 12.0 Å². The lowest BCUT2D eigenvalue weighted by atomic mass is 10.1. The van der Waals surface area contributed by atoms with Gasteiger partial charge in [0.1, 0.15) is 0 Å². The van der Waals surface area contributed by atoms with Crippen molar-refractivity contribution in [3.63, 3.8) is 0 Å². The second-order valence-electron chi connectivity index (χ2n) is 4.54. The molecule has 0 saturated heterocycles. The van der Waals surface area contributed by atoms with Crippen molar-refractivity contribution >= 4 is 21.6 Å². The standard InChI is InChI=1S/C13H21N3O3S/c1-3-15-12-6-5-11(9-10(12)2)13(17)16-7-4-8-20(14,18)19/h5-6,9,15H,3-4,7-8H2,1-2H3,(H,16,17)(H2,14,18,19). The molecule has 0 radical (unpaired) electrons. The van der Waals surface area contributed by atoms with E-state index in [4.69, 9.17) is 5.14 Å². The van der Waals surface area contributed by atoms with Gasteiger partial charge in [-0.15, -0.1) is 0 Å². The lowest BCUT2D eigenvalue weighted by Gasteiger charge is -2.10. The van der Waals surface area contributed by atoms with Gasteiger partial charge >= 0.3 is 0 Å². The Labute approximate surface area is 119 Å². The van der Waals surface area contributed by atoms with Gasteiger partial charge in [0.05, 0.1) is 5.75 Å². The number of amides is 1. The molecule has 0 bridgehead atoms. The van der Waals surface area contributed by atoms with Gasteiger partial charge in [0, 0.05) is 24.3 Å². The fraction of sp³-hybridized carbons (Fsp3) is 0.462. The molecule has 0 spiro atoms. The van der Waals surface area contributed by atoms with Crippen molar-refractivity contribution in [3.05, 3.63) is 29.3 Å². The maximum Gasteiger partial charge on any atom is 0.251 e. The summed E-state index contributed by atoms with van der Waals surface area (Å²) in [5, 5.41) is 10.8. The van der Waals surface area contributed by atoms with Crippen LogP contribution in [0.15, 0.2) is 18.2 Å². The Kier molecular flexibility index (Phi) is 5.97. The smallest absolute Gasteiger partial charge is 0.251 e. The largest absolute Gasteiger partial charge is 0.385 e. The zero-order chi connectivity index (χ0) is 15.2. The second kappa shape index (κ2) is 7.25. The Morgan fingerprint density at radius 2 is 2.05 bits per heavy atom. The molecule has 0 saturated carbocycles. The minimum absolute atomic E-state index is 0.133. The van der Waals surface area contributed by atoms with E-state index in [2.05, 4.69) is 10.6 Å². The molecule has 1 amide bonds. The Hall–Kier alpha value is -1.60. The van der Waals surface area contributed by atoms with E-state index in [1.54, 1.807) is 12.1 Å². The van der Waals surface area contributed by atoms with Crippen molar-refractivity contribution in [2.45, 2.75) is 20.3 Å². The zero-order valence-corrected chi connectivity index (χ0v) is 12.6. The zero-order valence-electron chi connectivity index (χ0n) is 11.8. The maximum absolute atomic E-state index is 11.9. The van der Waals surface area contributed by atoms with E-state index in [9.17, 15) is 13.2 Å². The highest BCUT2D eigenvalue weighted by Gasteiger charge is 2.08. The molecule has 0 aromatic heterocycles. The first kappa shape index (κ1) is 16.5. The van der Waals surface area contributed by atoms with E-state index < -0.39 is 10.0 Å². The molecule has 0 aliphatic rings. The number of sulfonamides is 1. The van der Waals surface area contributed by atoms with E-state index in [1.807, 2.05) is 19.9 Å². The highest BCUT2D eigenvalue weighted by molar-refractivity contribution is 7.89. The first-order chi connectivity index (χ1) is 9.33. The number of carbonyl (C=O) groups excluding carboxylic acids is 1. The molecule has 20 heavy (non-hydrogen) atoms. The number of rotatable bonds is 7. The van der Waals surface area contributed by atoms with Crippen LogP contribution in [0.3, 0.4) is 0 Å². The normalized spacial score (nSPS) is 11.2. The summed E-state index contributed by atoms with van der Waals surface area (Å²) in [6, 6.07) is 5.39. The molecule has 112 valence electrons. The van der Waals surface area contributed by atoms with Crippen LogP contribution in [0.5, 0.6) is 0 Å². The van der Waals surface area contributed by atoms with E-state index in [1.165, 1.54) is 0 Å². The Bertz CT molecular complexity index is 570. The van der Waals surface area contributed by atoms with Crippen LogP contribution in [-0.4, -0.2) is 33.2 Å². The molecule has 1 aromatic carbocycles. The maximum atomic E-state index is 11.9. The van der Waals surface area contributed by atoms with Gasteiger partial charge in [0.2, 0.25) is 10.0 Å². The summed E-state index contributed by atoms with van der Waals surface area (Å²) >= 11 is 0. The fourth-order valence-electron chi connectivity index (χ4n) is 1.77. The minimum Gasteiger partial charge on any atom is -0.385 e. The molecule has 0 fully saturated rings. The van der Waals surface area contributed by atoms with Gasteiger partial charge in [0.25, 0.3) is 5.91 Å². The monoisotopic (exact) mass is 299 g/mol. The van der Waals surface area contributed by atoms with Crippen molar-refractivity contribution in [1.29, 1.82) is 0 Å². The van der Waals surface area contributed by atoms with Gasteiger partial charge < -0.3 is 10.6 Å². The van der Waals surface area contributed by atoms with Crippen molar-refractivity contribution in [2.24, 2.45) is 5.14 Å². The molecule has 6 nitrogen and oxygen atoms in total. The van der Waals surface area contributed by atoms with Crippen LogP contribution in [-0.2, 0) is 10.0 Å². The first-order valence-corrected chi connectivity index (χ1v) is 8.18. The summed E-state index contributed by atoms with van der Waals surface area (Å²) in [7, 11) is -3.46. The second-order valence-corrected chi connectivity index (χ2v) is 6.27. The summed E-state index contributed by atoms with van der Waals surface area (Å²) in [6.45, 7) is 5.03. The molecule has 1 aromatic rings. The molecule has 0 aliphatic heterocycles. The van der Waals surface area contributed by atoms with Crippen LogP contribution in [0.4, 0.5) is 5.69 Å². The van der Waals surface area contributed by atoms with Crippen LogP contribution in [0.2, 0.25) is 0 Å². The van der Waals surface area contributed by atoms with Crippen LogP contribution in [0.25, 0.3) is 0 Å². The SMILES string of the molecule is CCNc1ccc(C(=O)NCCCS(N)(=O)=O)cc1C. The number of anilines is 1. The number of hydrogen-bond acceptors (Lipinski definition) is 4. The summed E-state index contributed by atoms with van der Waals surface area (Å²) in [5.41, 5.74) is 2.54. The van der Waals surface area contributed by atoms with Crippen molar-refractivity contribution in [1.82, 2.24) is 5.32 Å². The lowest BCUT2D eigenvalue weighted by molar-refractivity contribution is 0.0953. The molecular weight excluding hydrogens is 278 g/mol. The van der Waals surface area contributed by atoms with Crippen LogP contribution < -0.4 is 15.8 Å². The predicted octanol–water partition coefficient (Wildman–Crippen LogP) is 0.835. The van der Waals surface area contributed by atoms with Crippen molar-refractivity contribution in [3.8, 4) is 0 Å². The van der Waals surface area contributed by atoms with Crippen LogP contribution in [0, 0.1) is 6.92 Å². The minimum atomic E-state index is -3.46. The fourth-order valence-corrected chi connectivity index (χ4v) is 2.32. The topological polar surface area (TPSA) is 101 Å². The Morgan fingerprint density at radius 1 is 1.35 bits per heavy atom. The molecule has 0 heterocycles. The predicted molar refractivity (Wildman–Crippen MR) is 80.3 cm³/mol. The first-order valence-electron chi connectivity index (χ1n) is 6.46. The third-order valence-electron chi connectivity index (χ3n) is 2.75. The molecular formula is C13H21N3O3S. The third-order valence-corrected chi connectivity index (χ3v) is 3.60. The number of hydrogen-bond donors (Lipinski definition) is 3. The van der Waals surface area contributed by atoms with Gasteiger partial charge in [-0.25, -0.2) is 13.6 Å². The van der Waals surface area contributed by atoms with Gasteiger partial charge in [-0.2, -0.15) is 0 Å². The number of carbonyl (C=O) groups is 1. The van der Waals surface area contributed by atoms with Crippen molar-refractivity contribution in [2.75, 3.05) is 24.2 Å². The highest BCUT2D eigenvalue weighted by atomic mass is 32.2. The number of aryl methyl sites for hydroxylation is 1. The summed E-state index contributed by atoms with van der Waals surface area (Å²) < 4.78 is 21.5. The van der Waals surface area contributed by atoms with Crippen LogP contribution in [0.1, 0.15) is 29.3 Å². The average Bonchev–Trinajstić information content (AvgIpc) is 2.36. The van der Waals surface area contributed by atoms with Gasteiger partial charge in [-0.1, -0.05) is 0 Å². The van der Waals surface area contributed by atoms with Crippen LogP contribution >= 0.6 is 0 Å².